The van der Waals surface area contributed by atoms with Gasteiger partial charge in [0.05, 0.1) is 22.8 Å². The highest BCUT2D eigenvalue weighted by molar-refractivity contribution is 7.98. The van der Waals surface area contributed by atoms with Gasteiger partial charge in [-0.25, -0.2) is 9.78 Å². The molecule has 2 heterocycles. The second-order valence-electron chi connectivity index (χ2n) is 5.62. The Labute approximate surface area is 154 Å². The monoisotopic (exact) mass is 361 g/mol. The van der Waals surface area contributed by atoms with Crippen molar-refractivity contribution in [2.45, 2.75) is 10.9 Å². The number of aromatic nitrogens is 3. The Hall–Kier alpha value is -3.12. The lowest BCUT2D eigenvalue weighted by molar-refractivity contribution is 0.0734. The highest BCUT2D eigenvalue weighted by Gasteiger charge is 2.08. The minimum absolute atomic E-state index is 0.358. The van der Waals surface area contributed by atoms with Crippen molar-refractivity contribution in [1.29, 1.82) is 0 Å². The number of rotatable bonds is 5. The summed E-state index contributed by atoms with van der Waals surface area (Å²) in [6.07, 6.45) is 3.50. The number of esters is 1. The zero-order valence-corrected chi connectivity index (χ0v) is 14.6. The van der Waals surface area contributed by atoms with E-state index in [-0.39, 0.29) is 5.97 Å². The average molecular weight is 361 g/mol. The number of imidazole rings is 1. The maximum Gasteiger partial charge on any atom is 0.343 e. The topological polar surface area (TPSA) is 67.9 Å². The van der Waals surface area contributed by atoms with Crippen LogP contribution in [-0.2, 0) is 5.75 Å². The maximum absolute atomic E-state index is 12.1. The Morgan fingerprint density at radius 1 is 1.04 bits per heavy atom. The molecule has 26 heavy (non-hydrogen) atoms. The second-order valence-corrected chi connectivity index (χ2v) is 6.59. The van der Waals surface area contributed by atoms with Gasteiger partial charge in [0, 0.05) is 11.9 Å². The molecule has 4 aromatic rings. The van der Waals surface area contributed by atoms with E-state index in [1.807, 2.05) is 36.4 Å². The van der Waals surface area contributed by atoms with Gasteiger partial charge < -0.3 is 9.72 Å². The van der Waals surface area contributed by atoms with Crippen molar-refractivity contribution in [3.8, 4) is 5.75 Å². The lowest BCUT2D eigenvalue weighted by Gasteiger charge is -2.05. The SMILES string of the molecule is O=C(Oc1ccc(CSc2nc3ccncc3[nH]2)cc1)c1ccccc1. The molecule has 0 fully saturated rings. The number of H-pyrrole nitrogens is 1. The van der Waals surface area contributed by atoms with Crippen LogP contribution in [0.25, 0.3) is 11.0 Å². The lowest BCUT2D eigenvalue weighted by Crippen LogP contribution is -2.07. The number of nitrogens with one attached hydrogen (secondary N) is 1. The third-order valence-corrected chi connectivity index (χ3v) is 4.73. The van der Waals surface area contributed by atoms with Gasteiger partial charge in [-0.05, 0) is 35.9 Å². The summed E-state index contributed by atoms with van der Waals surface area (Å²) in [5.41, 5.74) is 3.49. The fourth-order valence-electron chi connectivity index (χ4n) is 2.45. The number of nitrogens with zero attached hydrogens (tertiary/aromatic N) is 2. The van der Waals surface area contributed by atoms with Gasteiger partial charge in [-0.3, -0.25) is 4.98 Å². The number of fused-ring (bicyclic) bond motifs is 1. The van der Waals surface area contributed by atoms with E-state index in [0.717, 1.165) is 27.5 Å². The molecule has 0 unspecified atom stereocenters. The fourth-order valence-corrected chi connectivity index (χ4v) is 3.29. The summed E-state index contributed by atoms with van der Waals surface area (Å²) in [5, 5.41) is 0.854. The molecule has 2 aromatic carbocycles. The van der Waals surface area contributed by atoms with Gasteiger partial charge in [-0.2, -0.15) is 0 Å². The van der Waals surface area contributed by atoms with E-state index >= 15 is 0 Å². The molecule has 0 spiro atoms. The minimum atomic E-state index is -0.358. The molecule has 6 heteroatoms. The number of carbonyl (C=O) groups is 1. The molecule has 5 nitrogen and oxygen atoms in total. The predicted molar refractivity (Wildman–Crippen MR) is 101 cm³/mol. The zero-order valence-electron chi connectivity index (χ0n) is 13.8. The standard InChI is InChI=1S/C20H15N3O2S/c24-19(15-4-2-1-3-5-15)25-16-8-6-14(7-9-16)13-26-20-22-17-10-11-21-12-18(17)23-20/h1-12H,13H2,(H,22,23). The van der Waals surface area contributed by atoms with Crippen LogP contribution >= 0.6 is 11.8 Å². The number of benzene rings is 2. The van der Waals surface area contributed by atoms with Crippen LogP contribution in [0.1, 0.15) is 15.9 Å². The molecule has 0 bridgehead atoms. The first-order valence-electron chi connectivity index (χ1n) is 8.07. The Bertz CT molecular complexity index is 997. The molecule has 1 N–H and O–H groups in total. The van der Waals surface area contributed by atoms with Crippen molar-refractivity contribution in [3.05, 3.63) is 84.2 Å². The van der Waals surface area contributed by atoms with E-state index in [4.69, 9.17) is 4.74 Å². The molecule has 2 aromatic heterocycles. The Balaban J connectivity index is 1.37. The largest absolute Gasteiger partial charge is 0.423 e. The van der Waals surface area contributed by atoms with E-state index in [1.165, 1.54) is 0 Å². The summed E-state index contributed by atoms with van der Waals surface area (Å²) in [6.45, 7) is 0. The van der Waals surface area contributed by atoms with Crippen LogP contribution in [-0.4, -0.2) is 20.9 Å². The Kier molecular flexibility index (Phi) is 4.66. The number of hydrogen-bond acceptors (Lipinski definition) is 5. The quantitative estimate of drug-likeness (QED) is 0.323. The second kappa shape index (κ2) is 7.41. The van der Waals surface area contributed by atoms with Gasteiger partial charge in [-0.1, -0.05) is 42.1 Å². The summed E-state index contributed by atoms with van der Waals surface area (Å²) in [7, 11) is 0. The van der Waals surface area contributed by atoms with Gasteiger partial charge in [0.1, 0.15) is 5.75 Å². The molecule has 0 aliphatic carbocycles. The van der Waals surface area contributed by atoms with Crippen LogP contribution in [0.2, 0.25) is 0 Å². The van der Waals surface area contributed by atoms with Crippen molar-refractivity contribution in [1.82, 2.24) is 15.0 Å². The highest BCUT2D eigenvalue weighted by Crippen LogP contribution is 2.24. The molecule has 0 saturated carbocycles. The third-order valence-electron chi connectivity index (χ3n) is 3.78. The summed E-state index contributed by atoms with van der Waals surface area (Å²) >= 11 is 1.61. The molecule has 128 valence electrons. The number of aromatic amines is 1. The summed E-state index contributed by atoms with van der Waals surface area (Å²) < 4.78 is 5.39. The zero-order chi connectivity index (χ0) is 17.8. The van der Waals surface area contributed by atoms with Crippen LogP contribution in [0.15, 0.2) is 78.2 Å². The molecule has 0 aliphatic rings. The summed E-state index contributed by atoms with van der Waals surface area (Å²) in [6, 6.07) is 18.3. The average Bonchev–Trinajstić information content (AvgIpc) is 3.11. The lowest BCUT2D eigenvalue weighted by atomic mass is 10.2. The number of carbonyl (C=O) groups excluding carboxylic acids is 1. The van der Waals surface area contributed by atoms with Crippen molar-refractivity contribution in [2.75, 3.05) is 0 Å². The third kappa shape index (κ3) is 3.75. The molecule has 0 saturated heterocycles. The first-order valence-corrected chi connectivity index (χ1v) is 9.05. The normalized spacial score (nSPS) is 10.8. The minimum Gasteiger partial charge on any atom is -0.423 e. The number of hydrogen-bond donors (Lipinski definition) is 1. The van der Waals surface area contributed by atoms with Gasteiger partial charge in [0.15, 0.2) is 5.16 Å². The van der Waals surface area contributed by atoms with Crippen LogP contribution < -0.4 is 4.74 Å². The molecule has 0 aliphatic heterocycles. The van der Waals surface area contributed by atoms with Crippen molar-refractivity contribution >= 4 is 28.8 Å². The van der Waals surface area contributed by atoms with Crippen molar-refractivity contribution < 1.29 is 9.53 Å². The first-order chi connectivity index (χ1) is 12.8. The van der Waals surface area contributed by atoms with E-state index < -0.39 is 0 Å². The maximum atomic E-state index is 12.1. The van der Waals surface area contributed by atoms with Crippen molar-refractivity contribution in [2.24, 2.45) is 0 Å². The summed E-state index contributed by atoms with van der Waals surface area (Å²) in [5.74, 6) is 0.936. The van der Waals surface area contributed by atoms with E-state index in [1.54, 1.807) is 48.4 Å². The number of pyridine rings is 1. The van der Waals surface area contributed by atoms with Gasteiger partial charge in [-0.15, -0.1) is 0 Å². The molecule has 0 atom stereocenters. The Morgan fingerprint density at radius 3 is 2.62 bits per heavy atom. The molecule has 4 rings (SSSR count). The van der Waals surface area contributed by atoms with Crippen LogP contribution in [0.3, 0.4) is 0 Å². The first kappa shape index (κ1) is 16.4. The predicted octanol–water partition coefficient (Wildman–Crippen LogP) is 4.47. The van der Waals surface area contributed by atoms with Crippen LogP contribution in [0, 0.1) is 0 Å². The smallest absolute Gasteiger partial charge is 0.343 e. The van der Waals surface area contributed by atoms with Gasteiger partial charge >= 0.3 is 5.97 Å². The number of ether oxygens (including phenoxy) is 1. The molecular formula is C20H15N3O2S. The van der Waals surface area contributed by atoms with E-state index in [2.05, 4.69) is 15.0 Å². The van der Waals surface area contributed by atoms with Crippen LogP contribution in [0.4, 0.5) is 0 Å². The Morgan fingerprint density at radius 2 is 1.85 bits per heavy atom. The van der Waals surface area contributed by atoms with Crippen LogP contribution in [0.5, 0.6) is 5.75 Å². The highest BCUT2D eigenvalue weighted by atomic mass is 32.2. The van der Waals surface area contributed by atoms with Crippen molar-refractivity contribution in [3.63, 3.8) is 0 Å². The van der Waals surface area contributed by atoms with E-state index in [0.29, 0.717) is 11.3 Å². The molecule has 0 amide bonds. The van der Waals surface area contributed by atoms with Gasteiger partial charge in [0.2, 0.25) is 0 Å². The van der Waals surface area contributed by atoms with Gasteiger partial charge in [0.25, 0.3) is 0 Å². The molecule has 0 radical (unpaired) electrons. The van der Waals surface area contributed by atoms with E-state index in [9.17, 15) is 4.79 Å². The molecular weight excluding hydrogens is 346 g/mol. The summed E-state index contributed by atoms with van der Waals surface area (Å²) in [4.78, 5) is 23.9. The number of thioether (sulfide) groups is 1. The fraction of sp³-hybridized carbons (Fsp3) is 0.0500.